The molecule has 0 aliphatic rings. The van der Waals surface area contributed by atoms with E-state index >= 15 is 0 Å². The highest BCUT2D eigenvalue weighted by atomic mass is 19.4. The van der Waals surface area contributed by atoms with Crippen LogP contribution in [-0.2, 0) is 12.8 Å². The summed E-state index contributed by atoms with van der Waals surface area (Å²) in [7, 11) is 1.41. The molecule has 0 atom stereocenters. The Balaban J connectivity index is 2.12. The van der Waals surface area contributed by atoms with Crippen molar-refractivity contribution in [2.45, 2.75) is 12.8 Å². The molecule has 2 aromatic rings. The van der Waals surface area contributed by atoms with E-state index in [0.717, 1.165) is 12.1 Å². The molecular weight excluding hydrogens is 299 g/mol. The van der Waals surface area contributed by atoms with Crippen molar-refractivity contribution in [1.82, 2.24) is 0 Å². The SMILES string of the molecule is COc1ccc(COc2cccc(C(F)(F)F)c2)cc1N=O. The number of nitrogens with zero attached hydrogens (tertiary/aromatic N) is 1. The van der Waals surface area contributed by atoms with E-state index in [1.807, 2.05) is 0 Å². The lowest BCUT2D eigenvalue weighted by Crippen LogP contribution is -2.05. The lowest BCUT2D eigenvalue weighted by molar-refractivity contribution is -0.137. The first-order chi connectivity index (χ1) is 10.4. The van der Waals surface area contributed by atoms with Crippen LogP contribution in [0.2, 0.25) is 0 Å². The Labute approximate surface area is 124 Å². The molecule has 22 heavy (non-hydrogen) atoms. The summed E-state index contributed by atoms with van der Waals surface area (Å²) < 4.78 is 48.1. The van der Waals surface area contributed by atoms with Gasteiger partial charge in [0, 0.05) is 0 Å². The Kier molecular flexibility index (Phi) is 4.65. The Morgan fingerprint density at radius 1 is 1.14 bits per heavy atom. The van der Waals surface area contributed by atoms with Crippen LogP contribution in [-0.4, -0.2) is 7.11 Å². The van der Waals surface area contributed by atoms with Crippen LogP contribution in [0.3, 0.4) is 0 Å². The summed E-state index contributed by atoms with van der Waals surface area (Å²) in [6.07, 6.45) is -4.42. The standard InChI is InChI=1S/C15H12F3NO3/c1-21-14-6-5-10(7-13(14)19-20)9-22-12-4-2-3-11(8-12)15(16,17)18/h2-8H,9H2,1H3. The van der Waals surface area contributed by atoms with Crippen LogP contribution >= 0.6 is 0 Å². The molecule has 2 rings (SSSR count). The fourth-order valence-corrected chi connectivity index (χ4v) is 1.83. The van der Waals surface area contributed by atoms with E-state index < -0.39 is 11.7 Å². The van der Waals surface area contributed by atoms with Gasteiger partial charge < -0.3 is 9.47 Å². The maximum Gasteiger partial charge on any atom is 0.416 e. The predicted octanol–water partition coefficient (Wildman–Crippen LogP) is 4.69. The Bertz CT molecular complexity index is 671. The molecule has 0 aromatic heterocycles. The largest absolute Gasteiger partial charge is 0.494 e. The van der Waals surface area contributed by atoms with Gasteiger partial charge in [-0.15, -0.1) is 4.91 Å². The minimum atomic E-state index is -4.42. The number of nitroso groups, excluding NO2 is 1. The van der Waals surface area contributed by atoms with Crippen LogP contribution in [0.15, 0.2) is 47.6 Å². The second kappa shape index (κ2) is 6.46. The minimum absolute atomic E-state index is 0.00776. The van der Waals surface area contributed by atoms with Crippen LogP contribution in [0, 0.1) is 4.91 Å². The van der Waals surface area contributed by atoms with E-state index in [2.05, 4.69) is 5.18 Å². The molecule has 2 aromatic carbocycles. The highest BCUT2D eigenvalue weighted by Crippen LogP contribution is 2.32. The summed E-state index contributed by atoms with van der Waals surface area (Å²) in [4.78, 5) is 10.7. The number of ether oxygens (including phenoxy) is 2. The molecule has 0 bridgehead atoms. The van der Waals surface area contributed by atoms with Gasteiger partial charge in [-0.3, -0.25) is 0 Å². The first kappa shape index (κ1) is 15.8. The Hall–Kier alpha value is -2.57. The lowest BCUT2D eigenvalue weighted by atomic mass is 10.2. The number of methoxy groups -OCH3 is 1. The van der Waals surface area contributed by atoms with Gasteiger partial charge in [0.25, 0.3) is 0 Å². The summed E-state index contributed by atoms with van der Waals surface area (Å²) in [5.41, 5.74) is -0.0876. The van der Waals surface area contributed by atoms with Crippen molar-refractivity contribution in [2.75, 3.05) is 7.11 Å². The molecule has 0 fully saturated rings. The molecule has 7 heteroatoms. The summed E-state index contributed by atoms with van der Waals surface area (Å²) in [5.74, 6) is 0.407. The molecule has 0 saturated heterocycles. The summed E-state index contributed by atoms with van der Waals surface area (Å²) in [5, 5.41) is 2.82. The smallest absolute Gasteiger partial charge is 0.416 e. The molecule has 0 aliphatic carbocycles. The summed E-state index contributed by atoms with van der Waals surface area (Å²) >= 11 is 0. The predicted molar refractivity (Wildman–Crippen MR) is 74.2 cm³/mol. The van der Waals surface area contributed by atoms with Crippen LogP contribution in [0.5, 0.6) is 11.5 Å². The van der Waals surface area contributed by atoms with Gasteiger partial charge in [0.15, 0.2) is 0 Å². The molecule has 0 spiro atoms. The van der Waals surface area contributed by atoms with Gasteiger partial charge in [0.05, 0.1) is 12.7 Å². The molecule has 0 radical (unpaired) electrons. The number of benzene rings is 2. The molecule has 0 heterocycles. The quantitative estimate of drug-likeness (QED) is 0.753. The van der Waals surface area contributed by atoms with Crippen molar-refractivity contribution >= 4 is 5.69 Å². The van der Waals surface area contributed by atoms with Gasteiger partial charge in [-0.05, 0) is 41.1 Å². The van der Waals surface area contributed by atoms with E-state index in [1.165, 1.54) is 25.3 Å². The van der Waals surface area contributed by atoms with Crippen molar-refractivity contribution in [2.24, 2.45) is 5.18 Å². The lowest BCUT2D eigenvalue weighted by Gasteiger charge is -2.11. The second-order valence-electron chi connectivity index (χ2n) is 4.41. The molecule has 0 amide bonds. The molecule has 0 N–H and O–H groups in total. The third-order valence-electron chi connectivity index (χ3n) is 2.91. The van der Waals surface area contributed by atoms with Crippen molar-refractivity contribution in [1.29, 1.82) is 0 Å². The number of halogens is 3. The normalized spacial score (nSPS) is 11.1. The molecule has 0 aliphatic heterocycles. The summed E-state index contributed by atoms with van der Waals surface area (Å²) in [6, 6.07) is 9.22. The average molecular weight is 311 g/mol. The molecule has 116 valence electrons. The fourth-order valence-electron chi connectivity index (χ4n) is 1.83. The first-order valence-electron chi connectivity index (χ1n) is 6.24. The Morgan fingerprint density at radius 3 is 2.55 bits per heavy atom. The number of hydrogen-bond donors (Lipinski definition) is 0. The second-order valence-corrected chi connectivity index (χ2v) is 4.41. The third kappa shape index (κ3) is 3.75. The van der Waals surface area contributed by atoms with Crippen molar-refractivity contribution in [3.63, 3.8) is 0 Å². The van der Waals surface area contributed by atoms with E-state index in [1.54, 1.807) is 12.1 Å². The topological polar surface area (TPSA) is 47.9 Å². The van der Waals surface area contributed by atoms with Gasteiger partial charge in [0.2, 0.25) is 0 Å². The van der Waals surface area contributed by atoms with Crippen molar-refractivity contribution in [3.8, 4) is 11.5 Å². The van der Waals surface area contributed by atoms with Gasteiger partial charge in [0.1, 0.15) is 23.8 Å². The van der Waals surface area contributed by atoms with Crippen LogP contribution in [0.25, 0.3) is 0 Å². The monoisotopic (exact) mass is 311 g/mol. The maximum absolute atomic E-state index is 12.6. The zero-order chi connectivity index (χ0) is 16.2. The third-order valence-corrected chi connectivity index (χ3v) is 2.91. The van der Waals surface area contributed by atoms with E-state index in [0.29, 0.717) is 11.3 Å². The zero-order valence-corrected chi connectivity index (χ0v) is 11.6. The molecule has 0 saturated carbocycles. The van der Waals surface area contributed by atoms with Crippen molar-refractivity contribution < 1.29 is 22.6 Å². The van der Waals surface area contributed by atoms with Crippen LogP contribution < -0.4 is 9.47 Å². The van der Waals surface area contributed by atoms with Crippen molar-refractivity contribution in [3.05, 3.63) is 58.5 Å². The van der Waals surface area contributed by atoms with E-state index in [4.69, 9.17) is 9.47 Å². The maximum atomic E-state index is 12.6. The zero-order valence-electron chi connectivity index (χ0n) is 11.6. The van der Waals surface area contributed by atoms with Gasteiger partial charge in [-0.1, -0.05) is 12.1 Å². The highest BCUT2D eigenvalue weighted by molar-refractivity contribution is 5.53. The number of rotatable bonds is 5. The first-order valence-corrected chi connectivity index (χ1v) is 6.24. The molecule has 0 unspecified atom stereocenters. The van der Waals surface area contributed by atoms with Crippen LogP contribution in [0.4, 0.5) is 18.9 Å². The van der Waals surface area contributed by atoms with Crippen LogP contribution in [0.1, 0.15) is 11.1 Å². The highest BCUT2D eigenvalue weighted by Gasteiger charge is 2.30. The van der Waals surface area contributed by atoms with Gasteiger partial charge in [-0.25, -0.2) is 0 Å². The minimum Gasteiger partial charge on any atom is -0.494 e. The average Bonchev–Trinajstić information content (AvgIpc) is 2.52. The van der Waals surface area contributed by atoms with Gasteiger partial charge in [-0.2, -0.15) is 13.2 Å². The molecular formula is C15H12F3NO3. The van der Waals surface area contributed by atoms with Gasteiger partial charge >= 0.3 is 6.18 Å². The van der Waals surface area contributed by atoms with E-state index in [-0.39, 0.29) is 18.0 Å². The Morgan fingerprint density at radius 2 is 1.91 bits per heavy atom. The number of hydrogen-bond acceptors (Lipinski definition) is 4. The number of alkyl halides is 3. The fraction of sp³-hybridized carbons (Fsp3) is 0.200. The summed E-state index contributed by atoms with van der Waals surface area (Å²) in [6.45, 7) is 0.00776. The van der Waals surface area contributed by atoms with E-state index in [9.17, 15) is 18.1 Å². The molecule has 4 nitrogen and oxygen atoms in total.